The van der Waals surface area contributed by atoms with E-state index >= 15 is 0 Å². The molecule has 1 heterocycles. The molecule has 6 heteroatoms. The third kappa shape index (κ3) is 2.67. The zero-order chi connectivity index (χ0) is 14.0. The largest absolute Gasteiger partial charge is 0.496 e. The second kappa shape index (κ2) is 5.75. The second-order valence-electron chi connectivity index (χ2n) is 3.83. The highest BCUT2D eigenvalue weighted by Gasteiger charge is 2.21. The lowest BCUT2D eigenvalue weighted by Crippen LogP contribution is -2.12. The maximum absolute atomic E-state index is 12.6. The van der Waals surface area contributed by atoms with Gasteiger partial charge < -0.3 is 4.74 Å². The molecule has 0 amide bonds. The molecular formula is C13H12BrClN2O2. The third-order valence-electron chi connectivity index (χ3n) is 2.72. The van der Waals surface area contributed by atoms with Gasteiger partial charge in [0.05, 0.1) is 23.3 Å². The molecule has 0 aliphatic carbocycles. The molecule has 1 aromatic heterocycles. The van der Waals surface area contributed by atoms with Gasteiger partial charge in [-0.25, -0.2) is 0 Å². The fraction of sp³-hybridized carbons (Fsp3) is 0.231. The number of hydrogen-bond donors (Lipinski definition) is 0. The first-order chi connectivity index (χ1) is 9.08. The Balaban J connectivity index is 2.53. The number of ketones is 1. The number of aryl methyl sites for hydroxylation is 1. The summed E-state index contributed by atoms with van der Waals surface area (Å²) in [7, 11) is 1.51. The van der Waals surface area contributed by atoms with Crippen LogP contribution in [-0.4, -0.2) is 22.7 Å². The van der Waals surface area contributed by atoms with Crippen molar-refractivity contribution in [2.24, 2.45) is 0 Å². The first-order valence-corrected chi connectivity index (χ1v) is 6.85. The number of halogens is 2. The van der Waals surface area contributed by atoms with E-state index in [9.17, 15) is 4.79 Å². The molecule has 19 heavy (non-hydrogen) atoms. The zero-order valence-corrected chi connectivity index (χ0v) is 12.8. The predicted octanol–water partition coefficient (Wildman–Crippen LogP) is 3.56. The number of nitrogens with zero attached hydrogens (tertiary/aromatic N) is 2. The molecule has 0 saturated carbocycles. The molecule has 0 spiro atoms. The van der Waals surface area contributed by atoms with Crippen LogP contribution in [0.2, 0.25) is 5.02 Å². The van der Waals surface area contributed by atoms with E-state index in [0.29, 0.717) is 33.0 Å². The van der Waals surface area contributed by atoms with E-state index in [1.54, 1.807) is 29.1 Å². The Labute approximate surface area is 124 Å². The smallest absolute Gasteiger partial charge is 0.215 e. The Hall–Kier alpha value is -1.33. The van der Waals surface area contributed by atoms with E-state index in [1.165, 1.54) is 7.11 Å². The van der Waals surface area contributed by atoms with Gasteiger partial charge in [0.25, 0.3) is 0 Å². The summed E-state index contributed by atoms with van der Waals surface area (Å²) in [6.45, 7) is 2.54. The van der Waals surface area contributed by atoms with Crippen molar-refractivity contribution in [2.75, 3.05) is 7.11 Å². The molecule has 0 radical (unpaired) electrons. The van der Waals surface area contributed by atoms with E-state index in [2.05, 4.69) is 21.0 Å². The van der Waals surface area contributed by atoms with Gasteiger partial charge in [-0.05, 0) is 41.1 Å². The van der Waals surface area contributed by atoms with Gasteiger partial charge >= 0.3 is 0 Å². The lowest BCUT2D eigenvalue weighted by atomic mass is 10.1. The molecule has 2 rings (SSSR count). The standard InChI is InChI=1S/C13H12BrClN2O2/c1-3-17-12(10(14)7-16-17)13(18)9-5-4-8(15)6-11(9)19-2/h4-7H,3H2,1-2H3. The number of rotatable bonds is 4. The number of ether oxygens (including phenoxy) is 1. The van der Waals surface area contributed by atoms with Crippen LogP contribution in [0.3, 0.4) is 0 Å². The third-order valence-corrected chi connectivity index (χ3v) is 3.53. The molecule has 0 unspecified atom stereocenters. The van der Waals surface area contributed by atoms with Gasteiger partial charge in [0.2, 0.25) is 5.78 Å². The Morgan fingerprint density at radius 3 is 2.89 bits per heavy atom. The Bertz CT molecular complexity index is 625. The van der Waals surface area contributed by atoms with Crippen LogP contribution < -0.4 is 4.74 Å². The van der Waals surface area contributed by atoms with Gasteiger partial charge in [0, 0.05) is 11.6 Å². The van der Waals surface area contributed by atoms with Gasteiger partial charge in [-0.2, -0.15) is 5.10 Å². The van der Waals surface area contributed by atoms with Gasteiger partial charge in [0.15, 0.2) is 0 Å². The van der Waals surface area contributed by atoms with E-state index < -0.39 is 0 Å². The van der Waals surface area contributed by atoms with Crippen LogP contribution in [0.4, 0.5) is 0 Å². The van der Waals surface area contributed by atoms with Crippen LogP contribution in [0.1, 0.15) is 23.0 Å². The van der Waals surface area contributed by atoms with E-state index in [1.807, 2.05) is 6.92 Å². The number of aromatic nitrogens is 2. The van der Waals surface area contributed by atoms with E-state index in [0.717, 1.165) is 0 Å². The predicted molar refractivity (Wildman–Crippen MR) is 77.0 cm³/mol. The number of benzene rings is 1. The summed E-state index contributed by atoms with van der Waals surface area (Å²) in [4.78, 5) is 12.6. The van der Waals surface area contributed by atoms with Gasteiger partial charge in [0.1, 0.15) is 11.4 Å². The van der Waals surface area contributed by atoms with Crippen LogP contribution in [0, 0.1) is 0 Å². The maximum Gasteiger partial charge on any atom is 0.215 e. The van der Waals surface area contributed by atoms with Gasteiger partial charge in [-0.1, -0.05) is 11.6 Å². The Kier molecular flexibility index (Phi) is 4.27. The molecule has 4 nitrogen and oxygen atoms in total. The second-order valence-corrected chi connectivity index (χ2v) is 5.12. The average molecular weight is 344 g/mol. The fourth-order valence-corrected chi connectivity index (χ4v) is 2.45. The van der Waals surface area contributed by atoms with Crippen LogP contribution in [-0.2, 0) is 6.54 Å². The highest BCUT2D eigenvalue weighted by Crippen LogP contribution is 2.28. The summed E-state index contributed by atoms with van der Waals surface area (Å²) in [5.74, 6) is 0.299. The topological polar surface area (TPSA) is 44.1 Å². The molecule has 0 saturated heterocycles. The molecule has 0 aliphatic heterocycles. The van der Waals surface area contributed by atoms with Crippen molar-refractivity contribution in [1.82, 2.24) is 9.78 Å². The highest BCUT2D eigenvalue weighted by atomic mass is 79.9. The molecule has 0 aliphatic rings. The first-order valence-electron chi connectivity index (χ1n) is 5.68. The van der Waals surface area contributed by atoms with E-state index in [-0.39, 0.29) is 5.78 Å². The molecular weight excluding hydrogens is 332 g/mol. The molecule has 100 valence electrons. The zero-order valence-electron chi connectivity index (χ0n) is 10.5. The normalized spacial score (nSPS) is 10.5. The summed E-state index contributed by atoms with van der Waals surface area (Å²) >= 11 is 9.24. The number of methoxy groups -OCH3 is 1. The van der Waals surface area contributed by atoms with Crippen LogP contribution in [0.5, 0.6) is 5.75 Å². The summed E-state index contributed by atoms with van der Waals surface area (Å²) in [5, 5.41) is 4.66. The van der Waals surface area contributed by atoms with Crippen molar-refractivity contribution < 1.29 is 9.53 Å². The van der Waals surface area contributed by atoms with E-state index in [4.69, 9.17) is 16.3 Å². The molecule has 1 aromatic carbocycles. The minimum absolute atomic E-state index is 0.153. The first kappa shape index (κ1) is 14.1. The monoisotopic (exact) mass is 342 g/mol. The van der Waals surface area contributed by atoms with Gasteiger partial charge in [-0.3, -0.25) is 9.48 Å². The Morgan fingerprint density at radius 2 is 2.26 bits per heavy atom. The van der Waals surface area contributed by atoms with Crippen molar-refractivity contribution in [3.63, 3.8) is 0 Å². The number of hydrogen-bond acceptors (Lipinski definition) is 3. The van der Waals surface area contributed by atoms with Crippen LogP contribution >= 0.6 is 27.5 Å². The lowest BCUT2D eigenvalue weighted by Gasteiger charge is -2.09. The molecule has 0 N–H and O–H groups in total. The van der Waals surface area contributed by atoms with Gasteiger partial charge in [-0.15, -0.1) is 0 Å². The summed E-state index contributed by atoms with van der Waals surface area (Å²) in [5.41, 5.74) is 0.964. The highest BCUT2D eigenvalue weighted by molar-refractivity contribution is 9.10. The maximum atomic E-state index is 12.6. The van der Waals surface area contributed by atoms with Crippen molar-refractivity contribution in [3.05, 3.63) is 45.1 Å². The lowest BCUT2D eigenvalue weighted by molar-refractivity contribution is 0.102. The SMILES string of the molecule is CCn1ncc(Br)c1C(=O)c1ccc(Cl)cc1OC. The molecule has 2 aromatic rings. The molecule has 0 fully saturated rings. The van der Waals surface area contributed by atoms with Crippen molar-refractivity contribution >= 4 is 33.3 Å². The quantitative estimate of drug-likeness (QED) is 0.797. The Morgan fingerprint density at radius 1 is 1.53 bits per heavy atom. The molecule has 0 bridgehead atoms. The van der Waals surface area contributed by atoms with Crippen molar-refractivity contribution in [3.8, 4) is 5.75 Å². The molecule has 0 atom stereocenters. The van der Waals surface area contributed by atoms with Crippen molar-refractivity contribution in [1.29, 1.82) is 0 Å². The number of carbonyl (C=O) groups excluding carboxylic acids is 1. The fourth-order valence-electron chi connectivity index (χ4n) is 1.81. The van der Waals surface area contributed by atoms with Crippen molar-refractivity contribution in [2.45, 2.75) is 13.5 Å². The summed E-state index contributed by atoms with van der Waals surface area (Å²) in [6, 6.07) is 4.94. The summed E-state index contributed by atoms with van der Waals surface area (Å²) in [6.07, 6.45) is 1.61. The minimum Gasteiger partial charge on any atom is -0.496 e. The minimum atomic E-state index is -0.153. The summed E-state index contributed by atoms with van der Waals surface area (Å²) < 4.78 is 7.51. The average Bonchev–Trinajstić information content (AvgIpc) is 2.78. The van der Waals surface area contributed by atoms with Crippen LogP contribution in [0.25, 0.3) is 0 Å². The van der Waals surface area contributed by atoms with Crippen LogP contribution in [0.15, 0.2) is 28.9 Å². The number of carbonyl (C=O) groups is 1.